The third-order valence-electron chi connectivity index (χ3n) is 8.35. The van der Waals surface area contributed by atoms with Crippen molar-refractivity contribution >= 4 is 16.8 Å². The Bertz CT molecular complexity index is 1630. The predicted octanol–water partition coefficient (Wildman–Crippen LogP) is 5.50. The van der Waals surface area contributed by atoms with Gasteiger partial charge in [-0.05, 0) is 48.9 Å². The Labute approximate surface area is 246 Å². The first-order chi connectivity index (χ1) is 20.5. The van der Waals surface area contributed by atoms with Crippen molar-refractivity contribution in [2.24, 2.45) is 0 Å². The molecule has 1 atom stereocenters. The number of likely N-dealkylation sites (N-methyl/N-ethyl adjacent to an activating group) is 1. The summed E-state index contributed by atoms with van der Waals surface area (Å²) >= 11 is 0. The van der Waals surface area contributed by atoms with Crippen molar-refractivity contribution in [1.29, 1.82) is 0 Å². The highest BCUT2D eigenvalue weighted by molar-refractivity contribution is 5.98. The normalized spacial score (nSPS) is 16.7. The number of nitrogens with zero attached hydrogens (tertiary/aromatic N) is 4. The quantitative estimate of drug-likeness (QED) is 0.255. The third-order valence-corrected chi connectivity index (χ3v) is 8.35. The van der Waals surface area contributed by atoms with Gasteiger partial charge in [0.2, 0.25) is 11.8 Å². The van der Waals surface area contributed by atoms with Crippen LogP contribution in [0.4, 0.5) is 0 Å². The monoisotopic (exact) mass is 557 g/mol. The van der Waals surface area contributed by atoms with Crippen molar-refractivity contribution < 1.29 is 9.53 Å². The highest BCUT2D eigenvalue weighted by Crippen LogP contribution is 2.46. The smallest absolute Gasteiger partial charge is 0.237 e. The highest BCUT2D eigenvalue weighted by Gasteiger charge is 2.49. The molecule has 1 amide bonds. The van der Waals surface area contributed by atoms with Gasteiger partial charge in [-0.3, -0.25) is 4.79 Å². The van der Waals surface area contributed by atoms with E-state index in [4.69, 9.17) is 9.84 Å². The Morgan fingerprint density at radius 1 is 0.905 bits per heavy atom. The number of hydrogen-bond acceptors (Lipinski definition) is 5. The number of nitrogens with one attached hydrogen (secondary N) is 1. The van der Waals surface area contributed by atoms with Gasteiger partial charge in [-0.15, -0.1) is 0 Å². The van der Waals surface area contributed by atoms with E-state index in [9.17, 15) is 4.79 Å². The van der Waals surface area contributed by atoms with E-state index in [-0.39, 0.29) is 11.9 Å². The fourth-order valence-electron chi connectivity index (χ4n) is 6.27. The van der Waals surface area contributed by atoms with E-state index in [2.05, 4.69) is 107 Å². The number of amides is 1. The molecule has 6 rings (SSSR count). The summed E-state index contributed by atoms with van der Waals surface area (Å²) in [5.41, 5.74) is 2.59. The number of ether oxygens (including phenoxy) is 1. The number of carbonyl (C=O) groups excluding carboxylic acids is 1. The molecular weight excluding hydrogens is 522 g/mol. The second-order valence-corrected chi connectivity index (χ2v) is 10.9. The van der Waals surface area contributed by atoms with Crippen molar-refractivity contribution in [2.75, 3.05) is 20.7 Å². The Morgan fingerprint density at radius 3 is 1.90 bits per heavy atom. The lowest BCUT2D eigenvalue weighted by atomic mass is 9.77. The minimum Gasteiger partial charge on any atom is -0.480 e. The third kappa shape index (κ3) is 4.07. The molecule has 212 valence electrons. The van der Waals surface area contributed by atoms with E-state index in [1.54, 1.807) is 20.4 Å². The van der Waals surface area contributed by atoms with E-state index in [1.165, 1.54) is 0 Å². The SMILES string of the molecule is CNC(=O)C1(c2nn(C(c3ccccc3)(c3ccccc3)c3ccccc3)c3ccnc(OC)c23)C=CN(C(C)C)C1. The van der Waals surface area contributed by atoms with Crippen LogP contribution in [0.2, 0.25) is 0 Å². The van der Waals surface area contributed by atoms with Gasteiger partial charge in [-0.2, -0.15) is 5.10 Å². The fraction of sp³-hybridized carbons (Fsp3) is 0.229. The molecular formula is C35H35N5O2. The van der Waals surface area contributed by atoms with Crippen LogP contribution in [0, 0.1) is 0 Å². The number of hydrogen-bond donors (Lipinski definition) is 1. The molecule has 0 saturated carbocycles. The van der Waals surface area contributed by atoms with Crippen LogP contribution in [0.1, 0.15) is 36.2 Å². The zero-order valence-electron chi connectivity index (χ0n) is 24.4. The Balaban J connectivity index is 1.79. The van der Waals surface area contributed by atoms with E-state index in [1.807, 2.05) is 36.5 Å². The van der Waals surface area contributed by atoms with Gasteiger partial charge < -0.3 is 15.0 Å². The number of benzene rings is 3. The lowest BCUT2D eigenvalue weighted by Crippen LogP contribution is -2.47. The van der Waals surface area contributed by atoms with Gasteiger partial charge in [0.05, 0.1) is 23.7 Å². The van der Waals surface area contributed by atoms with Crippen LogP contribution in [0.3, 0.4) is 0 Å². The van der Waals surface area contributed by atoms with Gasteiger partial charge in [0.1, 0.15) is 11.0 Å². The van der Waals surface area contributed by atoms with E-state index < -0.39 is 11.0 Å². The van der Waals surface area contributed by atoms with Crippen molar-refractivity contribution in [3.05, 3.63) is 138 Å². The number of rotatable bonds is 8. The van der Waals surface area contributed by atoms with Crippen molar-refractivity contribution in [2.45, 2.75) is 30.8 Å². The average molecular weight is 558 g/mol. The maximum absolute atomic E-state index is 13.9. The molecule has 7 nitrogen and oxygen atoms in total. The Kier molecular flexibility index (Phi) is 7.02. The lowest BCUT2D eigenvalue weighted by molar-refractivity contribution is -0.124. The first-order valence-corrected chi connectivity index (χ1v) is 14.2. The minimum absolute atomic E-state index is 0.135. The summed E-state index contributed by atoms with van der Waals surface area (Å²) < 4.78 is 7.94. The Hall–Kier alpha value is -4.91. The van der Waals surface area contributed by atoms with Gasteiger partial charge in [0, 0.05) is 25.8 Å². The van der Waals surface area contributed by atoms with Crippen LogP contribution in [-0.4, -0.2) is 52.3 Å². The van der Waals surface area contributed by atoms with Crippen molar-refractivity contribution in [3.8, 4) is 5.88 Å². The molecule has 0 spiro atoms. The summed E-state index contributed by atoms with van der Waals surface area (Å²) in [6.45, 7) is 4.69. The van der Waals surface area contributed by atoms with E-state index in [0.717, 1.165) is 22.2 Å². The number of pyridine rings is 1. The summed E-state index contributed by atoms with van der Waals surface area (Å²) in [5.74, 6) is 0.292. The van der Waals surface area contributed by atoms with Gasteiger partial charge in [0.25, 0.3) is 0 Å². The maximum atomic E-state index is 13.9. The predicted molar refractivity (Wildman–Crippen MR) is 165 cm³/mol. The number of aromatic nitrogens is 3. The van der Waals surface area contributed by atoms with Crippen LogP contribution in [0.15, 0.2) is 116 Å². The van der Waals surface area contributed by atoms with Gasteiger partial charge in [-0.25, -0.2) is 9.67 Å². The summed E-state index contributed by atoms with van der Waals surface area (Å²) in [5, 5.41) is 9.11. The molecule has 0 aliphatic carbocycles. The minimum atomic E-state index is -1.06. The topological polar surface area (TPSA) is 72.3 Å². The van der Waals surface area contributed by atoms with Crippen molar-refractivity contribution in [1.82, 2.24) is 25.0 Å². The van der Waals surface area contributed by atoms with Crippen LogP contribution in [0.5, 0.6) is 5.88 Å². The number of methoxy groups -OCH3 is 1. The zero-order chi connectivity index (χ0) is 29.3. The molecule has 3 heterocycles. The maximum Gasteiger partial charge on any atom is 0.237 e. The van der Waals surface area contributed by atoms with Gasteiger partial charge in [0.15, 0.2) is 0 Å². The molecule has 7 heteroatoms. The summed E-state index contributed by atoms with van der Waals surface area (Å²) in [7, 11) is 3.28. The van der Waals surface area contributed by atoms with Crippen LogP contribution in [-0.2, 0) is 15.7 Å². The van der Waals surface area contributed by atoms with Crippen LogP contribution >= 0.6 is 0 Å². The second-order valence-electron chi connectivity index (χ2n) is 10.9. The fourth-order valence-corrected chi connectivity index (χ4v) is 6.27. The molecule has 1 N–H and O–H groups in total. The molecule has 0 fully saturated rings. The lowest BCUT2D eigenvalue weighted by Gasteiger charge is -2.37. The summed E-state index contributed by atoms with van der Waals surface area (Å²) in [6.07, 6.45) is 5.72. The first kappa shape index (κ1) is 27.3. The summed E-state index contributed by atoms with van der Waals surface area (Å²) in [6, 6.07) is 33.4. The molecule has 5 aromatic rings. The molecule has 0 radical (unpaired) electrons. The standard InChI is InChI=1S/C35H35N5O2/c1-25(2)39-23-21-34(24-39,33(41)36-3)31-30-29(20-22-37-32(30)42-4)40(38-31)35(26-14-8-5-9-15-26,27-16-10-6-11-17-27)28-18-12-7-13-19-28/h5-23,25H,24H2,1-4H3,(H,36,41). The molecule has 2 aromatic heterocycles. The molecule has 3 aromatic carbocycles. The molecule has 0 bridgehead atoms. The van der Waals surface area contributed by atoms with Gasteiger partial charge in [-0.1, -0.05) is 91.0 Å². The molecule has 1 aliphatic rings. The largest absolute Gasteiger partial charge is 0.480 e. The average Bonchev–Trinajstić information content (AvgIpc) is 3.67. The second kappa shape index (κ2) is 10.8. The zero-order valence-corrected chi connectivity index (χ0v) is 24.4. The van der Waals surface area contributed by atoms with Crippen LogP contribution in [0.25, 0.3) is 10.9 Å². The highest BCUT2D eigenvalue weighted by atomic mass is 16.5. The molecule has 42 heavy (non-hydrogen) atoms. The van der Waals surface area contributed by atoms with Gasteiger partial charge >= 0.3 is 0 Å². The summed E-state index contributed by atoms with van der Waals surface area (Å²) in [4.78, 5) is 20.7. The number of fused-ring (bicyclic) bond motifs is 1. The van der Waals surface area contributed by atoms with Crippen LogP contribution < -0.4 is 10.1 Å². The molecule has 1 unspecified atom stereocenters. The Morgan fingerprint density at radius 2 is 1.45 bits per heavy atom. The molecule has 0 saturated heterocycles. The van der Waals surface area contributed by atoms with E-state index in [0.29, 0.717) is 23.5 Å². The van der Waals surface area contributed by atoms with Crippen molar-refractivity contribution in [3.63, 3.8) is 0 Å². The van der Waals surface area contributed by atoms with E-state index >= 15 is 0 Å². The number of carbonyl (C=O) groups is 1. The first-order valence-electron chi connectivity index (χ1n) is 14.2. The molecule has 1 aliphatic heterocycles.